The van der Waals surface area contributed by atoms with Crippen molar-refractivity contribution in [3.63, 3.8) is 0 Å². The monoisotopic (exact) mass is 266 g/mol. The van der Waals surface area contributed by atoms with Crippen LogP contribution in [0, 0.1) is 11.8 Å². The lowest BCUT2D eigenvalue weighted by Crippen LogP contribution is -2.38. The van der Waals surface area contributed by atoms with Gasteiger partial charge in [0, 0.05) is 29.8 Å². The quantitative estimate of drug-likeness (QED) is 0.881. The van der Waals surface area contributed by atoms with Crippen molar-refractivity contribution in [1.82, 2.24) is 0 Å². The Morgan fingerprint density at radius 2 is 1.89 bits per heavy atom. The van der Waals surface area contributed by atoms with Crippen LogP contribution in [0.3, 0.4) is 0 Å². The standard InChI is InChI=1S/C15H23ClN2/c1-10-6-11(2)9-18(8-10)13-4-5-14(12(3)17)15(16)7-13/h4-5,7,10-12H,6,8-9,17H2,1-3H3. The summed E-state index contributed by atoms with van der Waals surface area (Å²) >= 11 is 6.31. The van der Waals surface area contributed by atoms with E-state index in [1.807, 2.05) is 6.92 Å². The van der Waals surface area contributed by atoms with Crippen LogP contribution in [0.4, 0.5) is 5.69 Å². The zero-order chi connectivity index (χ0) is 13.3. The number of nitrogens with two attached hydrogens (primary N) is 1. The summed E-state index contributed by atoms with van der Waals surface area (Å²) in [7, 11) is 0. The van der Waals surface area contributed by atoms with Gasteiger partial charge in [-0.05, 0) is 42.9 Å². The first-order chi connectivity index (χ1) is 8.47. The second kappa shape index (κ2) is 5.50. The summed E-state index contributed by atoms with van der Waals surface area (Å²) in [6, 6.07) is 6.26. The second-order valence-corrected chi connectivity index (χ2v) is 6.25. The highest BCUT2D eigenvalue weighted by atomic mass is 35.5. The number of benzene rings is 1. The van der Waals surface area contributed by atoms with Crippen molar-refractivity contribution in [2.45, 2.75) is 33.2 Å². The summed E-state index contributed by atoms with van der Waals surface area (Å²) in [5.41, 5.74) is 8.14. The second-order valence-electron chi connectivity index (χ2n) is 5.85. The number of hydrogen-bond donors (Lipinski definition) is 1. The summed E-state index contributed by atoms with van der Waals surface area (Å²) in [5.74, 6) is 1.50. The molecule has 3 heteroatoms. The van der Waals surface area contributed by atoms with Gasteiger partial charge < -0.3 is 10.6 Å². The smallest absolute Gasteiger partial charge is 0.0474 e. The first-order valence-electron chi connectivity index (χ1n) is 6.77. The molecule has 0 saturated carbocycles. The third kappa shape index (κ3) is 2.99. The van der Waals surface area contributed by atoms with Crippen molar-refractivity contribution in [3.05, 3.63) is 28.8 Å². The lowest BCUT2D eigenvalue weighted by molar-refractivity contribution is 0.357. The Labute approximate surface area is 115 Å². The molecule has 1 aliphatic heterocycles. The van der Waals surface area contributed by atoms with Crippen LogP contribution in [-0.2, 0) is 0 Å². The van der Waals surface area contributed by atoms with E-state index in [0.717, 1.165) is 35.5 Å². The van der Waals surface area contributed by atoms with Crippen molar-refractivity contribution in [3.8, 4) is 0 Å². The molecule has 0 bridgehead atoms. The molecule has 3 unspecified atom stereocenters. The van der Waals surface area contributed by atoms with E-state index in [-0.39, 0.29) is 6.04 Å². The number of rotatable bonds is 2. The molecule has 2 N–H and O–H groups in total. The van der Waals surface area contributed by atoms with Gasteiger partial charge in [0.25, 0.3) is 0 Å². The Morgan fingerprint density at radius 1 is 1.28 bits per heavy atom. The van der Waals surface area contributed by atoms with E-state index in [4.69, 9.17) is 17.3 Å². The van der Waals surface area contributed by atoms with Gasteiger partial charge in [0.15, 0.2) is 0 Å². The summed E-state index contributed by atoms with van der Waals surface area (Å²) in [6.07, 6.45) is 1.32. The Kier molecular flexibility index (Phi) is 4.18. The summed E-state index contributed by atoms with van der Waals surface area (Å²) < 4.78 is 0. The fraction of sp³-hybridized carbons (Fsp3) is 0.600. The van der Waals surface area contributed by atoms with Gasteiger partial charge in [-0.3, -0.25) is 0 Å². The predicted octanol–water partition coefficient (Wildman–Crippen LogP) is 3.84. The maximum absolute atomic E-state index is 6.31. The summed E-state index contributed by atoms with van der Waals surface area (Å²) in [4.78, 5) is 2.44. The van der Waals surface area contributed by atoms with Crippen LogP contribution in [0.1, 0.15) is 38.8 Å². The average molecular weight is 267 g/mol. The topological polar surface area (TPSA) is 29.3 Å². The minimum atomic E-state index is -0.00856. The van der Waals surface area contributed by atoms with Crippen molar-refractivity contribution < 1.29 is 0 Å². The van der Waals surface area contributed by atoms with Gasteiger partial charge in [-0.25, -0.2) is 0 Å². The molecule has 2 nitrogen and oxygen atoms in total. The van der Waals surface area contributed by atoms with Gasteiger partial charge in [-0.2, -0.15) is 0 Å². The fourth-order valence-corrected chi connectivity index (χ4v) is 3.30. The molecule has 100 valence electrons. The molecule has 1 aromatic carbocycles. The fourth-order valence-electron chi connectivity index (χ4n) is 2.96. The maximum atomic E-state index is 6.31. The van der Waals surface area contributed by atoms with Crippen molar-refractivity contribution >= 4 is 17.3 Å². The molecule has 0 aromatic heterocycles. The maximum Gasteiger partial charge on any atom is 0.0474 e. The van der Waals surface area contributed by atoms with Crippen LogP contribution in [0.5, 0.6) is 0 Å². The first-order valence-corrected chi connectivity index (χ1v) is 7.15. The van der Waals surface area contributed by atoms with Gasteiger partial charge in [0.1, 0.15) is 0 Å². The van der Waals surface area contributed by atoms with Crippen LogP contribution in [0.25, 0.3) is 0 Å². The largest absolute Gasteiger partial charge is 0.371 e. The van der Waals surface area contributed by atoms with Crippen LogP contribution in [0.15, 0.2) is 18.2 Å². The molecule has 1 fully saturated rings. The Balaban J connectivity index is 2.21. The van der Waals surface area contributed by atoms with Crippen LogP contribution in [-0.4, -0.2) is 13.1 Å². The number of hydrogen-bond acceptors (Lipinski definition) is 2. The van der Waals surface area contributed by atoms with Gasteiger partial charge in [0.2, 0.25) is 0 Å². The molecule has 3 atom stereocenters. The molecule has 1 aliphatic rings. The number of anilines is 1. The van der Waals surface area contributed by atoms with E-state index in [2.05, 4.69) is 36.9 Å². The van der Waals surface area contributed by atoms with Crippen molar-refractivity contribution in [1.29, 1.82) is 0 Å². The normalized spacial score (nSPS) is 26.2. The van der Waals surface area contributed by atoms with Gasteiger partial charge in [0.05, 0.1) is 0 Å². The first kappa shape index (κ1) is 13.7. The molecule has 0 radical (unpaired) electrons. The highest BCUT2D eigenvalue weighted by molar-refractivity contribution is 6.31. The van der Waals surface area contributed by atoms with E-state index in [1.165, 1.54) is 12.1 Å². The number of piperidine rings is 1. The molecule has 0 aliphatic carbocycles. The predicted molar refractivity (Wildman–Crippen MR) is 79.2 cm³/mol. The van der Waals surface area contributed by atoms with Crippen LogP contribution >= 0.6 is 11.6 Å². The van der Waals surface area contributed by atoms with Gasteiger partial charge in [-0.1, -0.05) is 31.5 Å². The van der Waals surface area contributed by atoms with Crippen molar-refractivity contribution in [2.75, 3.05) is 18.0 Å². The molecule has 0 amide bonds. The molecule has 1 heterocycles. The number of nitrogens with zero attached hydrogens (tertiary/aromatic N) is 1. The Hall–Kier alpha value is -0.730. The third-order valence-electron chi connectivity index (χ3n) is 3.71. The molecule has 1 aromatic rings. The van der Waals surface area contributed by atoms with Crippen molar-refractivity contribution in [2.24, 2.45) is 17.6 Å². The van der Waals surface area contributed by atoms with E-state index in [9.17, 15) is 0 Å². The van der Waals surface area contributed by atoms with E-state index in [1.54, 1.807) is 0 Å². The summed E-state index contributed by atoms with van der Waals surface area (Å²) in [5, 5.41) is 0.786. The van der Waals surface area contributed by atoms with Crippen LogP contribution < -0.4 is 10.6 Å². The van der Waals surface area contributed by atoms with E-state index < -0.39 is 0 Å². The highest BCUT2D eigenvalue weighted by Crippen LogP contribution is 2.30. The Bertz CT molecular complexity index is 407. The van der Waals surface area contributed by atoms with E-state index >= 15 is 0 Å². The molecule has 18 heavy (non-hydrogen) atoms. The molecular weight excluding hydrogens is 244 g/mol. The lowest BCUT2D eigenvalue weighted by atomic mass is 9.91. The third-order valence-corrected chi connectivity index (χ3v) is 4.04. The van der Waals surface area contributed by atoms with E-state index in [0.29, 0.717) is 0 Å². The Morgan fingerprint density at radius 3 is 2.39 bits per heavy atom. The van der Waals surface area contributed by atoms with Gasteiger partial charge in [-0.15, -0.1) is 0 Å². The lowest BCUT2D eigenvalue weighted by Gasteiger charge is -2.36. The molecule has 0 spiro atoms. The van der Waals surface area contributed by atoms with Crippen LogP contribution in [0.2, 0.25) is 5.02 Å². The highest BCUT2D eigenvalue weighted by Gasteiger charge is 2.22. The zero-order valence-corrected chi connectivity index (χ0v) is 12.2. The SMILES string of the molecule is CC1CC(C)CN(c2ccc(C(C)N)c(Cl)c2)C1. The molecular formula is C15H23ClN2. The number of halogens is 1. The summed E-state index contributed by atoms with van der Waals surface area (Å²) in [6.45, 7) is 8.85. The minimum Gasteiger partial charge on any atom is -0.371 e. The minimum absolute atomic E-state index is 0.00856. The zero-order valence-electron chi connectivity index (χ0n) is 11.5. The molecule has 2 rings (SSSR count). The van der Waals surface area contributed by atoms with Gasteiger partial charge >= 0.3 is 0 Å². The average Bonchev–Trinajstić information content (AvgIpc) is 2.26. The molecule has 1 saturated heterocycles.